The quantitative estimate of drug-likeness (QED) is 0.567. The van der Waals surface area contributed by atoms with Crippen molar-refractivity contribution in [3.8, 4) is 0 Å². The summed E-state index contributed by atoms with van der Waals surface area (Å²) in [7, 11) is 1.90. The second-order valence-corrected chi connectivity index (χ2v) is 8.00. The molecule has 0 N–H and O–H groups in total. The molecule has 0 aliphatic rings. The van der Waals surface area contributed by atoms with Gasteiger partial charge in [0.1, 0.15) is 0 Å². The summed E-state index contributed by atoms with van der Waals surface area (Å²) in [5.74, 6) is 0.361. The van der Waals surface area contributed by atoms with Crippen molar-refractivity contribution >= 4 is 28.4 Å². The molecule has 1 atom stereocenters. The van der Waals surface area contributed by atoms with Crippen molar-refractivity contribution in [3.63, 3.8) is 0 Å². The summed E-state index contributed by atoms with van der Waals surface area (Å²) < 4.78 is 0. The Kier molecular flexibility index (Phi) is 6.30. The van der Waals surface area contributed by atoms with Gasteiger partial charge in [0.15, 0.2) is 0 Å². The average molecular weight is 396 g/mol. The van der Waals surface area contributed by atoms with Crippen LogP contribution in [0.1, 0.15) is 42.0 Å². The van der Waals surface area contributed by atoms with Gasteiger partial charge in [-0.15, -0.1) is 0 Å². The molecule has 146 valence electrons. The number of rotatable bonds is 6. The zero-order valence-electron chi connectivity index (χ0n) is 16.8. The van der Waals surface area contributed by atoms with Crippen molar-refractivity contribution in [2.24, 2.45) is 5.92 Å². The van der Waals surface area contributed by atoms with Crippen LogP contribution in [0.15, 0.2) is 48.7 Å². The first-order chi connectivity index (χ1) is 13.4. The largest absolute Gasteiger partial charge is 0.338 e. The molecule has 28 heavy (non-hydrogen) atoms. The highest BCUT2D eigenvalue weighted by Gasteiger charge is 2.25. The zero-order valence-corrected chi connectivity index (χ0v) is 17.6. The molecule has 0 aliphatic carbocycles. The number of nitrogens with zero attached hydrogens (tertiary/aromatic N) is 3. The molecule has 0 radical (unpaired) electrons. The average Bonchev–Trinajstić information content (AvgIpc) is 2.67. The number of carbonyl (C=O) groups is 1. The summed E-state index contributed by atoms with van der Waals surface area (Å²) in [4.78, 5) is 24.2. The lowest BCUT2D eigenvalue weighted by Gasteiger charge is -2.32. The first-order valence-electron chi connectivity index (χ1n) is 9.61. The lowest BCUT2D eigenvalue weighted by Crippen LogP contribution is -2.41. The van der Waals surface area contributed by atoms with Gasteiger partial charge in [-0.1, -0.05) is 43.6 Å². The van der Waals surface area contributed by atoms with Crippen LogP contribution in [0.5, 0.6) is 0 Å². The number of para-hydroxylation sites is 1. The fraction of sp³-hybridized carbons (Fsp3) is 0.348. The summed E-state index contributed by atoms with van der Waals surface area (Å²) in [6, 6.07) is 13.6. The van der Waals surface area contributed by atoms with Crippen molar-refractivity contribution in [1.29, 1.82) is 0 Å². The van der Waals surface area contributed by atoms with E-state index in [1.54, 1.807) is 6.20 Å². The predicted molar refractivity (Wildman–Crippen MR) is 115 cm³/mol. The third kappa shape index (κ3) is 4.50. The van der Waals surface area contributed by atoms with Gasteiger partial charge in [0.2, 0.25) is 0 Å². The van der Waals surface area contributed by atoms with Crippen LogP contribution >= 0.6 is 11.6 Å². The topological polar surface area (TPSA) is 46.1 Å². The zero-order chi connectivity index (χ0) is 20.3. The number of aromatic nitrogens is 2. The summed E-state index contributed by atoms with van der Waals surface area (Å²) in [6.45, 7) is 6.23. The molecule has 4 nitrogen and oxygen atoms in total. The van der Waals surface area contributed by atoms with E-state index >= 15 is 0 Å². The smallest absolute Gasteiger partial charge is 0.254 e. The van der Waals surface area contributed by atoms with Crippen LogP contribution < -0.4 is 0 Å². The standard InChI is InChI=1S/C23H26ClN3O/c1-15(2)22(12-11-18-10-9-17(24)14-25-18)27(4)23(28)20-13-16(3)26-21-8-6-5-7-19(20)21/h5-10,13-15,22H,11-12H2,1-4H3/t22-/m1/s1. The number of fused-ring (bicyclic) bond motifs is 1. The predicted octanol–water partition coefficient (Wildman–Crippen LogP) is 5.32. The summed E-state index contributed by atoms with van der Waals surface area (Å²) >= 11 is 5.92. The van der Waals surface area contributed by atoms with E-state index in [0.717, 1.165) is 35.1 Å². The van der Waals surface area contributed by atoms with E-state index in [0.29, 0.717) is 16.5 Å². The van der Waals surface area contributed by atoms with E-state index in [9.17, 15) is 4.79 Å². The molecule has 3 aromatic rings. The normalized spacial score (nSPS) is 12.4. The van der Waals surface area contributed by atoms with Crippen LogP contribution in [0.25, 0.3) is 10.9 Å². The van der Waals surface area contributed by atoms with Gasteiger partial charge < -0.3 is 4.90 Å². The van der Waals surface area contributed by atoms with Crippen LogP contribution in [0, 0.1) is 12.8 Å². The van der Waals surface area contributed by atoms with Gasteiger partial charge in [-0.25, -0.2) is 0 Å². The summed E-state index contributed by atoms with van der Waals surface area (Å²) in [5.41, 5.74) is 3.40. The van der Waals surface area contributed by atoms with E-state index in [1.165, 1.54) is 0 Å². The van der Waals surface area contributed by atoms with Gasteiger partial charge in [0, 0.05) is 36.1 Å². The molecule has 0 unspecified atom stereocenters. The number of hydrogen-bond acceptors (Lipinski definition) is 3. The van der Waals surface area contributed by atoms with Crippen LogP contribution in [-0.4, -0.2) is 33.9 Å². The Morgan fingerprint density at radius 2 is 1.93 bits per heavy atom. The van der Waals surface area contributed by atoms with E-state index < -0.39 is 0 Å². The third-order valence-corrected chi connectivity index (χ3v) is 5.37. The Hall–Kier alpha value is -2.46. The lowest BCUT2D eigenvalue weighted by atomic mass is 9.95. The van der Waals surface area contributed by atoms with Gasteiger partial charge in [0.05, 0.1) is 16.1 Å². The second kappa shape index (κ2) is 8.70. The van der Waals surface area contributed by atoms with E-state index in [1.807, 2.05) is 61.3 Å². The highest BCUT2D eigenvalue weighted by molar-refractivity contribution is 6.30. The van der Waals surface area contributed by atoms with Gasteiger partial charge in [-0.3, -0.25) is 14.8 Å². The van der Waals surface area contributed by atoms with Gasteiger partial charge in [0.25, 0.3) is 5.91 Å². The lowest BCUT2D eigenvalue weighted by molar-refractivity contribution is 0.0680. The van der Waals surface area contributed by atoms with Crippen molar-refractivity contribution in [2.45, 2.75) is 39.7 Å². The molecule has 2 aromatic heterocycles. The first-order valence-corrected chi connectivity index (χ1v) is 9.98. The molecule has 1 aromatic carbocycles. The highest BCUT2D eigenvalue weighted by Crippen LogP contribution is 2.23. The van der Waals surface area contributed by atoms with Crippen molar-refractivity contribution in [1.82, 2.24) is 14.9 Å². The van der Waals surface area contributed by atoms with Crippen LogP contribution in [-0.2, 0) is 6.42 Å². The Labute approximate surface area is 171 Å². The molecule has 0 saturated heterocycles. The Morgan fingerprint density at radius 1 is 1.18 bits per heavy atom. The minimum Gasteiger partial charge on any atom is -0.338 e. The number of carbonyl (C=O) groups excluding carboxylic acids is 1. The van der Waals surface area contributed by atoms with Crippen LogP contribution in [0.2, 0.25) is 5.02 Å². The number of halogens is 1. The maximum atomic E-state index is 13.4. The molecule has 2 heterocycles. The van der Waals surface area contributed by atoms with E-state index in [-0.39, 0.29) is 11.9 Å². The van der Waals surface area contributed by atoms with E-state index in [2.05, 4.69) is 23.8 Å². The monoisotopic (exact) mass is 395 g/mol. The van der Waals surface area contributed by atoms with Gasteiger partial charge in [-0.2, -0.15) is 0 Å². The Balaban J connectivity index is 1.84. The molecule has 0 saturated carbocycles. The summed E-state index contributed by atoms with van der Waals surface area (Å²) in [5, 5.41) is 1.53. The molecule has 5 heteroatoms. The number of pyridine rings is 2. The maximum Gasteiger partial charge on any atom is 0.254 e. The molecule has 3 rings (SSSR count). The maximum absolute atomic E-state index is 13.4. The fourth-order valence-corrected chi connectivity index (χ4v) is 3.76. The van der Waals surface area contributed by atoms with E-state index in [4.69, 9.17) is 11.6 Å². The summed E-state index contributed by atoms with van der Waals surface area (Å²) in [6.07, 6.45) is 3.31. The molecule has 0 fully saturated rings. The Morgan fingerprint density at radius 3 is 2.61 bits per heavy atom. The van der Waals surface area contributed by atoms with Crippen LogP contribution in [0.3, 0.4) is 0 Å². The molecule has 0 spiro atoms. The second-order valence-electron chi connectivity index (χ2n) is 7.56. The molecule has 0 aliphatic heterocycles. The molecular formula is C23H26ClN3O. The van der Waals surface area contributed by atoms with Gasteiger partial charge in [-0.05, 0) is 49.9 Å². The Bertz CT molecular complexity index is 969. The third-order valence-electron chi connectivity index (χ3n) is 5.15. The number of aryl methyl sites for hydroxylation is 2. The van der Waals surface area contributed by atoms with Crippen molar-refractivity contribution in [3.05, 3.63) is 70.6 Å². The minimum absolute atomic E-state index is 0.0319. The minimum atomic E-state index is 0.0319. The number of benzene rings is 1. The molecular weight excluding hydrogens is 370 g/mol. The van der Waals surface area contributed by atoms with Gasteiger partial charge >= 0.3 is 0 Å². The number of amides is 1. The van der Waals surface area contributed by atoms with Crippen LogP contribution in [0.4, 0.5) is 0 Å². The number of hydrogen-bond donors (Lipinski definition) is 0. The molecule has 0 bridgehead atoms. The van der Waals surface area contributed by atoms with Crippen molar-refractivity contribution < 1.29 is 4.79 Å². The highest BCUT2D eigenvalue weighted by atomic mass is 35.5. The first kappa shape index (κ1) is 20.3. The van der Waals surface area contributed by atoms with Crippen molar-refractivity contribution in [2.75, 3.05) is 7.05 Å². The molecule has 1 amide bonds. The fourth-order valence-electron chi connectivity index (χ4n) is 3.65. The SMILES string of the molecule is Cc1cc(C(=O)N(C)[C@H](CCc2ccc(Cl)cn2)C(C)C)c2ccccc2n1.